The first kappa shape index (κ1) is 12.9. The second kappa shape index (κ2) is 4.77. The molecule has 6 nitrogen and oxygen atoms in total. The van der Waals surface area contributed by atoms with Gasteiger partial charge >= 0.3 is 0 Å². The van der Waals surface area contributed by atoms with E-state index in [0.29, 0.717) is 29.3 Å². The van der Waals surface area contributed by atoms with Gasteiger partial charge in [0.25, 0.3) is 0 Å². The van der Waals surface area contributed by atoms with Crippen LogP contribution in [-0.4, -0.2) is 24.2 Å². The van der Waals surface area contributed by atoms with Crippen LogP contribution in [0.15, 0.2) is 12.1 Å². The van der Waals surface area contributed by atoms with Crippen molar-refractivity contribution in [3.8, 4) is 34.9 Å². The molecule has 0 unspecified atom stereocenters. The number of fused-ring (bicyclic) bond motifs is 3. The van der Waals surface area contributed by atoms with E-state index in [4.69, 9.17) is 20.0 Å². The van der Waals surface area contributed by atoms with Gasteiger partial charge in [-0.15, -0.1) is 0 Å². The zero-order valence-electron chi connectivity index (χ0n) is 11.5. The van der Waals surface area contributed by atoms with Crippen molar-refractivity contribution >= 4 is 0 Å². The van der Waals surface area contributed by atoms with E-state index in [0.717, 1.165) is 11.1 Å². The Labute approximate surface area is 121 Å². The average molecular weight is 278 g/mol. The number of aromatic nitrogens is 2. The van der Waals surface area contributed by atoms with E-state index in [9.17, 15) is 0 Å². The summed E-state index contributed by atoms with van der Waals surface area (Å²) in [5.41, 5.74) is 3.16. The molecule has 0 atom stereocenters. The smallest absolute Gasteiger partial charge is 0.177 e. The number of benzene rings is 1. The number of hydrogen-bond donors (Lipinski definition) is 0. The average Bonchev–Trinajstić information content (AvgIpc) is 2.89. The van der Waals surface area contributed by atoms with Gasteiger partial charge in [-0.2, -0.15) is 10.5 Å². The minimum Gasteiger partial charge on any atom is -0.493 e. The minimum atomic E-state index is 0.0406. The molecule has 0 amide bonds. The molecule has 0 saturated carbocycles. The van der Waals surface area contributed by atoms with Crippen LogP contribution in [-0.2, 0) is 6.42 Å². The Kier molecular flexibility index (Phi) is 2.93. The van der Waals surface area contributed by atoms with E-state index in [1.165, 1.54) is 0 Å². The summed E-state index contributed by atoms with van der Waals surface area (Å²) in [5.74, 6) is 1.26. The molecule has 0 fully saturated rings. The predicted octanol–water partition coefficient (Wildman–Crippen LogP) is 1.81. The fourth-order valence-corrected chi connectivity index (χ4v) is 2.52. The minimum absolute atomic E-state index is 0.0406. The molecular formula is C15H10N4O2. The number of hydrogen-bond acceptors (Lipinski definition) is 6. The van der Waals surface area contributed by atoms with Crippen LogP contribution >= 0.6 is 0 Å². The first-order valence-corrected chi connectivity index (χ1v) is 6.18. The van der Waals surface area contributed by atoms with Crippen LogP contribution < -0.4 is 9.47 Å². The monoisotopic (exact) mass is 278 g/mol. The summed E-state index contributed by atoms with van der Waals surface area (Å²) < 4.78 is 10.7. The molecule has 6 heteroatoms. The molecule has 0 radical (unpaired) electrons. The van der Waals surface area contributed by atoms with Crippen molar-refractivity contribution < 1.29 is 9.47 Å². The van der Waals surface area contributed by atoms with Crippen LogP contribution in [0.4, 0.5) is 0 Å². The van der Waals surface area contributed by atoms with E-state index in [1.807, 2.05) is 18.2 Å². The zero-order chi connectivity index (χ0) is 15.0. The van der Waals surface area contributed by atoms with Gasteiger partial charge in [0, 0.05) is 17.5 Å². The maximum Gasteiger partial charge on any atom is 0.177 e. The maximum absolute atomic E-state index is 9.06. The summed E-state index contributed by atoms with van der Waals surface area (Å²) in [6.45, 7) is 0. The van der Waals surface area contributed by atoms with E-state index >= 15 is 0 Å². The third-order valence-corrected chi connectivity index (χ3v) is 3.43. The van der Waals surface area contributed by atoms with E-state index in [1.54, 1.807) is 20.3 Å². The van der Waals surface area contributed by atoms with Crippen molar-refractivity contribution in [1.29, 1.82) is 10.5 Å². The molecule has 21 heavy (non-hydrogen) atoms. The van der Waals surface area contributed by atoms with Gasteiger partial charge in [0.15, 0.2) is 22.9 Å². The third-order valence-electron chi connectivity index (χ3n) is 3.43. The molecule has 1 aromatic heterocycles. The molecule has 1 aromatic carbocycles. The molecule has 2 aromatic rings. The van der Waals surface area contributed by atoms with Crippen LogP contribution in [0.25, 0.3) is 11.3 Å². The second-order valence-electron chi connectivity index (χ2n) is 4.44. The molecule has 1 aliphatic rings. The summed E-state index contributed by atoms with van der Waals surface area (Å²) in [5, 5.41) is 18.1. The second-order valence-corrected chi connectivity index (χ2v) is 4.44. The maximum atomic E-state index is 9.06. The number of nitrogens with zero attached hydrogens (tertiary/aromatic N) is 4. The Balaban J connectivity index is 2.25. The fourth-order valence-electron chi connectivity index (χ4n) is 2.52. The number of nitriles is 2. The highest BCUT2D eigenvalue weighted by atomic mass is 16.5. The van der Waals surface area contributed by atoms with Gasteiger partial charge < -0.3 is 9.47 Å². The number of rotatable bonds is 2. The van der Waals surface area contributed by atoms with Crippen molar-refractivity contribution in [2.24, 2.45) is 0 Å². The molecule has 0 bridgehead atoms. The van der Waals surface area contributed by atoms with Crippen molar-refractivity contribution in [2.75, 3.05) is 14.2 Å². The van der Waals surface area contributed by atoms with Crippen molar-refractivity contribution in [1.82, 2.24) is 9.97 Å². The lowest BCUT2D eigenvalue weighted by Crippen LogP contribution is -1.99. The molecule has 1 heterocycles. The summed E-state index contributed by atoms with van der Waals surface area (Å²) >= 11 is 0. The van der Waals surface area contributed by atoms with Crippen LogP contribution in [0.1, 0.15) is 22.6 Å². The van der Waals surface area contributed by atoms with Gasteiger partial charge in [0.05, 0.1) is 25.6 Å². The van der Waals surface area contributed by atoms with E-state index in [2.05, 4.69) is 9.97 Å². The SMILES string of the molecule is COc1ccc2c(c1OC)Cc1nc(C#N)c(C#N)nc1-2. The Morgan fingerprint density at radius 2 is 1.76 bits per heavy atom. The highest BCUT2D eigenvalue weighted by Gasteiger charge is 2.28. The van der Waals surface area contributed by atoms with Crippen molar-refractivity contribution in [3.05, 3.63) is 34.8 Å². The van der Waals surface area contributed by atoms with Gasteiger partial charge in [-0.3, -0.25) is 0 Å². The van der Waals surface area contributed by atoms with Gasteiger partial charge in [0.1, 0.15) is 12.1 Å². The topological polar surface area (TPSA) is 91.8 Å². The first-order valence-electron chi connectivity index (χ1n) is 6.18. The molecule has 1 aliphatic carbocycles. The summed E-state index contributed by atoms with van der Waals surface area (Å²) in [6, 6.07) is 7.46. The zero-order valence-corrected chi connectivity index (χ0v) is 11.5. The Bertz CT molecular complexity index is 831. The largest absolute Gasteiger partial charge is 0.493 e. The fraction of sp³-hybridized carbons (Fsp3) is 0.200. The Hall–Kier alpha value is -3.12. The molecule has 102 valence electrons. The van der Waals surface area contributed by atoms with Gasteiger partial charge in [-0.1, -0.05) is 0 Å². The first-order chi connectivity index (χ1) is 10.2. The van der Waals surface area contributed by atoms with Crippen molar-refractivity contribution in [3.63, 3.8) is 0 Å². The normalized spacial score (nSPS) is 11.0. The molecular weight excluding hydrogens is 268 g/mol. The summed E-state index contributed by atoms with van der Waals surface area (Å²) in [6.07, 6.45) is 0.498. The van der Waals surface area contributed by atoms with Crippen LogP contribution in [0.5, 0.6) is 11.5 Å². The van der Waals surface area contributed by atoms with Gasteiger partial charge in [-0.25, -0.2) is 9.97 Å². The Morgan fingerprint density at radius 3 is 2.38 bits per heavy atom. The van der Waals surface area contributed by atoms with Crippen molar-refractivity contribution in [2.45, 2.75) is 6.42 Å². The lowest BCUT2D eigenvalue weighted by molar-refractivity contribution is 0.352. The molecule has 3 rings (SSSR count). The number of ether oxygens (including phenoxy) is 2. The lowest BCUT2D eigenvalue weighted by Gasteiger charge is -2.11. The highest BCUT2D eigenvalue weighted by Crippen LogP contribution is 2.44. The lowest BCUT2D eigenvalue weighted by atomic mass is 10.1. The van der Waals surface area contributed by atoms with Gasteiger partial charge in [-0.05, 0) is 12.1 Å². The predicted molar refractivity (Wildman–Crippen MR) is 72.8 cm³/mol. The van der Waals surface area contributed by atoms with Crippen LogP contribution in [0, 0.1) is 22.7 Å². The summed E-state index contributed by atoms with van der Waals surface area (Å²) in [7, 11) is 3.15. The third kappa shape index (κ3) is 1.78. The van der Waals surface area contributed by atoms with Crippen LogP contribution in [0.2, 0.25) is 0 Å². The Morgan fingerprint density at radius 1 is 1.05 bits per heavy atom. The highest BCUT2D eigenvalue weighted by molar-refractivity contribution is 5.77. The number of methoxy groups -OCH3 is 2. The molecule has 0 aliphatic heterocycles. The van der Waals surface area contributed by atoms with Crippen LogP contribution in [0.3, 0.4) is 0 Å². The standard InChI is InChI=1S/C15H10N4O2/c1-20-13-4-3-8-9(15(13)21-2)5-10-14(8)19-12(7-17)11(6-16)18-10/h3-4H,5H2,1-2H3. The van der Waals surface area contributed by atoms with E-state index in [-0.39, 0.29) is 11.4 Å². The summed E-state index contributed by atoms with van der Waals surface area (Å²) in [4.78, 5) is 8.52. The molecule has 0 saturated heterocycles. The van der Waals surface area contributed by atoms with E-state index < -0.39 is 0 Å². The quantitative estimate of drug-likeness (QED) is 0.709. The molecule has 0 N–H and O–H groups in total. The van der Waals surface area contributed by atoms with Gasteiger partial charge in [0.2, 0.25) is 0 Å². The molecule has 0 spiro atoms.